The largest absolute Gasteiger partial charge is 0.481 e. The summed E-state index contributed by atoms with van der Waals surface area (Å²) in [6.07, 6.45) is 6.28. The molecule has 1 saturated heterocycles. The van der Waals surface area contributed by atoms with Crippen LogP contribution in [0.15, 0.2) is 30.5 Å². The summed E-state index contributed by atoms with van der Waals surface area (Å²) in [6.45, 7) is 5.23. The highest BCUT2D eigenvalue weighted by Crippen LogP contribution is 2.19. The number of aromatic amines is 1. The number of rotatable bonds is 11. The third-order valence-corrected chi connectivity index (χ3v) is 6.58. The van der Waals surface area contributed by atoms with E-state index in [1.165, 1.54) is 0 Å². The summed E-state index contributed by atoms with van der Waals surface area (Å²) in [5.41, 5.74) is 1.76. The first-order chi connectivity index (χ1) is 17.7. The number of benzene rings is 1. The minimum atomic E-state index is -1.02. The van der Waals surface area contributed by atoms with Gasteiger partial charge in [0.25, 0.3) is 0 Å². The Labute approximate surface area is 217 Å². The molecule has 1 aliphatic heterocycles. The van der Waals surface area contributed by atoms with Crippen LogP contribution in [0.1, 0.15) is 57.9 Å². The molecule has 4 amide bonds. The van der Waals surface area contributed by atoms with Crippen molar-refractivity contribution in [3.05, 3.63) is 36.0 Å². The molecule has 10 nitrogen and oxygen atoms in total. The smallest absolute Gasteiger partial charge is 0.318 e. The molecule has 2 aromatic rings. The number of nitrogens with one attached hydrogen (secondary N) is 4. The monoisotopic (exact) mass is 513 g/mol. The highest BCUT2D eigenvalue weighted by molar-refractivity contribution is 5.93. The number of carbonyl (C=O) groups excluding carboxylic acids is 3. The molecule has 37 heavy (non-hydrogen) atoms. The summed E-state index contributed by atoms with van der Waals surface area (Å²) in [5.74, 6) is -1.79. The maximum atomic E-state index is 13.4. The Bertz CT molecular complexity index is 1070. The SMILES string of the molecule is CC(C)C[C@H](NC(=O)N1CCCCCC1)C(=O)N[C@H](Cc1c[nH]c2ccccc12)C(=O)NCCC(=O)O. The number of aromatic nitrogens is 1. The molecule has 0 spiro atoms. The van der Waals surface area contributed by atoms with Gasteiger partial charge in [0.2, 0.25) is 11.8 Å². The molecule has 2 atom stereocenters. The molecule has 0 aliphatic carbocycles. The van der Waals surface area contributed by atoms with Gasteiger partial charge in [-0.15, -0.1) is 0 Å². The zero-order valence-electron chi connectivity index (χ0n) is 21.7. The zero-order valence-corrected chi connectivity index (χ0v) is 21.7. The molecule has 1 aliphatic rings. The van der Waals surface area contributed by atoms with Gasteiger partial charge in [-0.05, 0) is 36.8 Å². The van der Waals surface area contributed by atoms with Crippen LogP contribution in [0.2, 0.25) is 0 Å². The van der Waals surface area contributed by atoms with E-state index in [9.17, 15) is 19.2 Å². The van der Waals surface area contributed by atoms with Crippen molar-refractivity contribution in [3.63, 3.8) is 0 Å². The van der Waals surface area contributed by atoms with Crippen LogP contribution in [0.4, 0.5) is 4.79 Å². The standard InChI is InChI=1S/C27H39N5O5/c1-18(2)15-22(31-27(37)32-13-7-3-4-8-14-32)26(36)30-23(25(35)28-12-11-24(33)34)16-19-17-29-21-10-6-5-9-20(19)21/h5-6,9-10,17-18,22-23,29H,3-4,7-8,11-16H2,1-2H3,(H,28,35)(H,30,36)(H,31,37)(H,33,34)/t22-,23+/m0/s1. The van der Waals surface area contributed by atoms with Gasteiger partial charge >= 0.3 is 12.0 Å². The van der Waals surface area contributed by atoms with Crippen molar-refractivity contribution in [2.24, 2.45) is 5.92 Å². The molecule has 10 heteroatoms. The number of carboxylic acids is 1. The Balaban J connectivity index is 1.75. The zero-order chi connectivity index (χ0) is 26.8. The molecular weight excluding hydrogens is 474 g/mol. The molecule has 202 valence electrons. The Hall–Kier alpha value is -3.56. The third kappa shape index (κ3) is 8.51. The van der Waals surface area contributed by atoms with Crippen molar-refractivity contribution < 1.29 is 24.3 Å². The molecular formula is C27H39N5O5. The molecule has 2 heterocycles. The second-order valence-corrected chi connectivity index (χ2v) is 10.1. The predicted octanol–water partition coefficient (Wildman–Crippen LogP) is 2.79. The van der Waals surface area contributed by atoms with Crippen LogP contribution >= 0.6 is 0 Å². The molecule has 5 N–H and O–H groups in total. The van der Waals surface area contributed by atoms with Gasteiger partial charge in [0, 0.05) is 43.2 Å². The quantitative estimate of drug-likeness (QED) is 0.314. The van der Waals surface area contributed by atoms with Gasteiger partial charge in [0.1, 0.15) is 12.1 Å². The van der Waals surface area contributed by atoms with Crippen molar-refractivity contribution in [2.75, 3.05) is 19.6 Å². The second kappa shape index (κ2) is 13.7. The number of aliphatic carboxylic acids is 1. The maximum Gasteiger partial charge on any atom is 0.318 e. The van der Waals surface area contributed by atoms with Gasteiger partial charge in [-0.2, -0.15) is 0 Å². The highest BCUT2D eigenvalue weighted by Gasteiger charge is 2.29. The summed E-state index contributed by atoms with van der Waals surface area (Å²) < 4.78 is 0. The fourth-order valence-corrected chi connectivity index (χ4v) is 4.63. The first-order valence-corrected chi connectivity index (χ1v) is 13.1. The number of likely N-dealkylation sites (tertiary alicyclic amines) is 1. The number of carboxylic acid groups (broad SMARTS) is 1. The van der Waals surface area contributed by atoms with Crippen LogP contribution < -0.4 is 16.0 Å². The summed E-state index contributed by atoms with van der Waals surface area (Å²) in [4.78, 5) is 55.3. The Morgan fingerprint density at radius 1 is 0.973 bits per heavy atom. The van der Waals surface area contributed by atoms with Crippen LogP contribution in [0, 0.1) is 5.92 Å². The average molecular weight is 514 g/mol. The van der Waals surface area contributed by atoms with Crippen molar-refractivity contribution in [2.45, 2.75) is 70.9 Å². The lowest BCUT2D eigenvalue weighted by Gasteiger charge is -2.27. The minimum absolute atomic E-state index is 0.0461. The van der Waals surface area contributed by atoms with Crippen molar-refractivity contribution in [1.29, 1.82) is 0 Å². The molecule has 1 aromatic heterocycles. The average Bonchev–Trinajstić information content (AvgIpc) is 3.06. The summed E-state index contributed by atoms with van der Waals surface area (Å²) in [7, 11) is 0. The Kier molecular flexibility index (Phi) is 10.3. The number of para-hydroxylation sites is 1. The van der Waals surface area contributed by atoms with Gasteiger partial charge in [-0.1, -0.05) is 44.9 Å². The van der Waals surface area contributed by atoms with Crippen LogP contribution in [0.25, 0.3) is 10.9 Å². The molecule has 3 rings (SSSR count). The second-order valence-electron chi connectivity index (χ2n) is 10.1. The van der Waals surface area contributed by atoms with E-state index >= 15 is 0 Å². The van der Waals surface area contributed by atoms with E-state index in [0.29, 0.717) is 19.5 Å². The van der Waals surface area contributed by atoms with E-state index in [4.69, 9.17) is 5.11 Å². The van der Waals surface area contributed by atoms with Crippen molar-refractivity contribution in [3.8, 4) is 0 Å². The van der Waals surface area contributed by atoms with Gasteiger partial charge in [-0.3, -0.25) is 14.4 Å². The van der Waals surface area contributed by atoms with Crippen LogP contribution in [0.5, 0.6) is 0 Å². The number of H-pyrrole nitrogens is 1. The lowest BCUT2D eigenvalue weighted by Crippen LogP contribution is -2.56. The van der Waals surface area contributed by atoms with E-state index in [0.717, 1.165) is 42.1 Å². The third-order valence-electron chi connectivity index (χ3n) is 6.58. The number of hydrogen-bond donors (Lipinski definition) is 5. The molecule has 0 bridgehead atoms. The number of fused-ring (bicyclic) bond motifs is 1. The lowest BCUT2D eigenvalue weighted by molar-refractivity contribution is -0.137. The topological polar surface area (TPSA) is 144 Å². The van der Waals surface area contributed by atoms with E-state index in [1.54, 1.807) is 11.1 Å². The molecule has 1 fully saturated rings. The highest BCUT2D eigenvalue weighted by atomic mass is 16.4. The van der Waals surface area contributed by atoms with Gasteiger partial charge in [0.15, 0.2) is 0 Å². The summed E-state index contributed by atoms with van der Waals surface area (Å²) in [6, 6.07) is 5.67. The Morgan fingerprint density at radius 3 is 2.35 bits per heavy atom. The number of carbonyl (C=O) groups is 4. The van der Waals surface area contributed by atoms with Gasteiger partial charge in [-0.25, -0.2) is 4.79 Å². The first-order valence-electron chi connectivity index (χ1n) is 13.1. The predicted molar refractivity (Wildman–Crippen MR) is 141 cm³/mol. The van der Waals surface area contributed by atoms with Gasteiger partial charge in [0.05, 0.1) is 6.42 Å². The van der Waals surface area contributed by atoms with E-state index in [1.807, 2.05) is 38.1 Å². The molecule has 0 unspecified atom stereocenters. The lowest BCUT2D eigenvalue weighted by atomic mass is 10.0. The Morgan fingerprint density at radius 2 is 1.68 bits per heavy atom. The molecule has 0 saturated carbocycles. The van der Waals surface area contributed by atoms with E-state index in [-0.39, 0.29) is 31.3 Å². The molecule has 1 aromatic carbocycles. The number of urea groups is 1. The summed E-state index contributed by atoms with van der Waals surface area (Å²) in [5, 5.41) is 18.2. The summed E-state index contributed by atoms with van der Waals surface area (Å²) >= 11 is 0. The first kappa shape index (κ1) is 28.0. The maximum absolute atomic E-state index is 13.4. The van der Waals surface area contributed by atoms with Crippen LogP contribution in [0.3, 0.4) is 0 Å². The van der Waals surface area contributed by atoms with E-state index < -0.39 is 29.9 Å². The van der Waals surface area contributed by atoms with Crippen LogP contribution in [-0.4, -0.2) is 70.5 Å². The van der Waals surface area contributed by atoms with Crippen LogP contribution in [-0.2, 0) is 20.8 Å². The van der Waals surface area contributed by atoms with E-state index in [2.05, 4.69) is 20.9 Å². The normalized spacial score (nSPS) is 15.6. The minimum Gasteiger partial charge on any atom is -0.481 e. The number of hydrogen-bond acceptors (Lipinski definition) is 4. The van der Waals surface area contributed by atoms with Crippen molar-refractivity contribution in [1.82, 2.24) is 25.8 Å². The van der Waals surface area contributed by atoms with Crippen molar-refractivity contribution >= 4 is 34.7 Å². The fourth-order valence-electron chi connectivity index (χ4n) is 4.63. The van der Waals surface area contributed by atoms with Gasteiger partial charge < -0.3 is 30.9 Å². The number of nitrogens with zero attached hydrogens (tertiary/aromatic N) is 1. The number of amides is 4. The fraction of sp³-hybridized carbons (Fsp3) is 0.556. The molecule has 0 radical (unpaired) electrons.